The maximum Gasteiger partial charge on any atom is 0.335 e. The number of piperidine rings is 1. The van der Waals surface area contributed by atoms with Gasteiger partial charge in [-0.2, -0.15) is 0 Å². The summed E-state index contributed by atoms with van der Waals surface area (Å²) in [5, 5.41) is 0. The lowest BCUT2D eigenvalue weighted by Gasteiger charge is -2.45. The van der Waals surface area contributed by atoms with E-state index in [2.05, 4.69) is 24.3 Å². The van der Waals surface area contributed by atoms with E-state index in [9.17, 15) is 9.59 Å². The lowest BCUT2D eigenvalue weighted by molar-refractivity contribution is -0.289. The van der Waals surface area contributed by atoms with Gasteiger partial charge in [0.25, 0.3) is 0 Å². The number of hydrogen-bond acceptors (Lipinski definition) is 5. The number of nitrogens with zero attached hydrogens (tertiary/aromatic N) is 1. The van der Waals surface area contributed by atoms with Crippen LogP contribution in [0.15, 0.2) is 109 Å². The standard InChI is InChI=1S/C29H25NO4/c31-26-16-17-27(32)34-29(33-26)20-25(18-19-30(29)21-22-10-4-1-5-11-22)28(23-12-6-2-7-13-23)24-14-8-3-9-15-24/h1-17H,18-21H2. The van der Waals surface area contributed by atoms with Gasteiger partial charge < -0.3 is 9.47 Å². The second-order valence-electron chi connectivity index (χ2n) is 8.43. The molecule has 5 rings (SSSR count). The maximum absolute atomic E-state index is 12.5. The van der Waals surface area contributed by atoms with E-state index in [1.807, 2.05) is 71.6 Å². The van der Waals surface area contributed by atoms with Gasteiger partial charge in [-0.15, -0.1) is 0 Å². The highest BCUT2D eigenvalue weighted by Crippen LogP contribution is 2.41. The molecule has 0 unspecified atom stereocenters. The summed E-state index contributed by atoms with van der Waals surface area (Å²) in [5.41, 5.74) is 5.33. The van der Waals surface area contributed by atoms with Crippen LogP contribution in [-0.2, 0) is 25.6 Å². The number of carbonyl (C=O) groups is 2. The number of ether oxygens (including phenoxy) is 2. The van der Waals surface area contributed by atoms with Gasteiger partial charge in [0.2, 0.25) is 0 Å². The number of benzene rings is 3. The molecular formula is C29H25NO4. The molecule has 2 aliphatic rings. The fourth-order valence-electron chi connectivity index (χ4n) is 4.65. The Morgan fingerprint density at radius 1 is 0.735 bits per heavy atom. The van der Waals surface area contributed by atoms with Crippen molar-refractivity contribution < 1.29 is 19.1 Å². The van der Waals surface area contributed by atoms with Crippen LogP contribution >= 0.6 is 0 Å². The highest BCUT2D eigenvalue weighted by molar-refractivity contribution is 5.93. The summed E-state index contributed by atoms with van der Waals surface area (Å²) in [6, 6.07) is 30.2. The monoisotopic (exact) mass is 451 g/mol. The van der Waals surface area contributed by atoms with Gasteiger partial charge in [0.15, 0.2) is 0 Å². The van der Waals surface area contributed by atoms with Crippen molar-refractivity contribution in [2.75, 3.05) is 6.54 Å². The van der Waals surface area contributed by atoms with Crippen molar-refractivity contribution in [1.82, 2.24) is 4.90 Å². The first-order chi connectivity index (χ1) is 16.6. The van der Waals surface area contributed by atoms with Crippen LogP contribution in [0, 0.1) is 0 Å². The molecule has 0 atom stereocenters. The van der Waals surface area contributed by atoms with Crippen LogP contribution < -0.4 is 0 Å². The van der Waals surface area contributed by atoms with Crippen molar-refractivity contribution in [3.63, 3.8) is 0 Å². The Bertz CT molecular complexity index is 1170. The fourth-order valence-corrected chi connectivity index (χ4v) is 4.65. The molecule has 3 aromatic carbocycles. The minimum atomic E-state index is -1.52. The van der Waals surface area contributed by atoms with E-state index in [0.29, 0.717) is 13.1 Å². The number of likely N-dealkylation sites (tertiary alicyclic amines) is 1. The summed E-state index contributed by atoms with van der Waals surface area (Å²) >= 11 is 0. The molecule has 2 heterocycles. The third-order valence-corrected chi connectivity index (χ3v) is 6.17. The van der Waals surface area contributed by atoms with E-state index in [1.54, 1.807) is 0 Å². The summed E-state index contributed by atoms with van der Waals surface area (Å²) in [6.45, 7) is 1.05. The van der Waals surface area contributed by atoms with Gasteiger partial charge >= 0.3 is 17.8 Å². The minimum Gasteiger partial charge on any atom is -0.405 e. The van der Waals surface area contributed by atoms with Crippen molar-refractivity contribution in [3.05, 3.63) is 125 Å². The van der Waals surface area contributed by atoms with Crippen LogP contribution in [0.2, 0.25) is 0 Å². The molecule has 0 saturated carbocycles. The van der Waals surface area contributed by atoms with Crippen molar-refractivity contribution in [1.29, 1.82) is 0 Å². The van der Waals surface area contributed by atoms with E-state index >= 15 is 0 Å². The SMILES string of the molecule is O=C1C=CC(=O)OC2(CC(=C(c3ccccc3)c3ccccc3)CCN2Cc2ccccc2)O1. The predicted octanol–water partition coefficient (Wildman–Crippen LogP) is 5.09. The molecule has 5 heteroatoms. The largest absolute Gasteiger partial charge is 0.405 e. The average molecular weight is 452 g/mol. The molecule has 0 radical (unpaired) electrons. The van der Waals surface area contributed by atoms with Gasteiger partial charge in [-0.3, -0.25) is 0 Å². The third kappa shape index (κ3) is 4.56. The predicted molar refractivity (Wildman–Crippen MR) is 129 cm³/mol. The molecule has 1 spiro atoms. The van der Waals surface area contributed by atoms with Crippen molar-refractivity contribution >= 4 is 17.5 Å². The quantitative estimate of drug-likeness (QED) is 0.517. The highest BCUT2D eigenvalue weighted by Gasteiger charge is 2.49. The van der Waals surface area contributed by atoms with Crippen molar-refractivity contribution in [2.24, 2.45) is 0 Å². The molecule has 0 bridgehead atoms. The molecule has 0 amide bonds. The Labute approximate surface area is 198 Å². The lowest BCUT2D eigenvalue weighted by Crippen LogP contribution is -2.56. The Kier molecular flexibility index (Phi) is 6.11. The van der Waals surface area contributed by atoms with Crippen LogP contribution in [0.4, 0.5) is 0 Å². The first-order valence-electron chi connectivity index (χ1n) is 11.4. The van der Waals surface area contributed by atoms with Crippen LogP contribution in [0.3, 0.4) is 0 Å². The van der Waals surface area contributed by atoms with E-state index in [0.717, 1.165) is 46.4 Å². The van der Waals surface area contributed by atoms with Crippen LogP contribution in [0.5, 0.6) is 0 Å². The molecular weight excluding hydrogens is 426 g/mol. The summed E-state index contributed by atoms with van der Waals surface area (Å²) in [4.78, 5) is 27.0. The molecule has 0 N–H and O–H groups in total. The molecule has 0 aliphatic carbocycles. The summed E-state index contributed by atoms with van der Waals surface area (Å²) in [7, 11) is 0. The molecule has 3 aromatic rings. The average Bonchev–Trinajstić information content (AvgIpc) is 3.00. The zero-order valence-electron chi connectivity index (χ0n) is 18.7. The smallest absolute Gasteiger partial charge is 0.335 e. The van der Waals surface area contributed by atoms with E-state index in [1.165, 1.54) is 0 Å². The van der Waals surface area contributed by atoms with Gasteiger partial charge in [-0.1, -0.05) is 96.6 Å². The zero-order chi connectivity index (χ0) is 23.4. The lowest BCUT2D eigenvalue weighted by atomic mass is 9.87. The van der Waals surface area contributed by atoms with Gasteiger partial charge in [0.05, 0.1) is 6.42 Å². The van der Waals surface area contributed by atoms with Crippen LogP contribution in [-0.4, -0.2) is 29.3 Å². The first-order valence-corrected chi connectivity index (χ1v) is 11.4. The minimum absolute atomic E-state index is 0.262. The molecule has 5 nitrogen and oxygen atoms in total. The highest BCUT2D eigenvalue weighted by atomic mass is 16.8. The summed E-state index contributed by atoms with van der Waals surface area (Å²) < 4.78 is 11.7. The number of esters is 2. The van der Waals surface area contributed by atoms with Crippen LogP contribution in [0.25, 0.3) is 5.57 Å². The Morgan fingerprint density at radius 3 is 1.76 bits per heavy atom. The number of carbonyl (C=O) groups excluding carboxylic acids is 2. The van der Waals surface area contributed by atoms with E-state index in [-0.39, 0.29) is 6.42 Å². The van der Waals surface area contributed by atoms with E-state index in [4.69, 9.17) is 9.47 Å². The normalized spacial score (nSPS) is 17.7. The Hall–Kier alpha value is -3.96. The topological polar surface area (TPSA) is 55.8 Å². The molecule has 1 fully saturated rings. The molecule has 170 valence electrons. The van der Waals surface area contributed by atoms with Gasteiger partial charge in [-0.25, -0.2) is 14.5 Å². The zero-order valence-corrected chi connectivity index (χ0v) is 18.7. The van der Waals surface area contributed by atoms with Crippen molar-refractivity contribution in [2.45, 2.75) is 25.3 Å². The van der Waals surface area contributed by atoms with Gasteiger partial charge in [-0.05, 0) is 28.7 Å². The van der Waals surface area contributed by atoms with Crippen LogP contribution in [0.1, 0.15) is 29.5 Å². The van der Waals surface area contributed by atoms with E-state index < -0.39 is 17.8 Å². The molecule has 1 saturated heterocycles. The first kappa shape index (κ1) is 21.9. The number of hydrogen-bond donors (Lipinski definition) is 0. The summed E-state index contributed by atoms with van der Waals surface area (Å²) in [5.74, 6) is -2.70. The molecule has 0 aromatic heterocycles. The molecule has 2 aliphatic heterocycles. The molecule has 34 heavy (non-hydrogen) atoms. The second-order valence-corrected chi connectivity index (χ2v) is 8.43. The Morgan fingerprint density at radius 2 is 1.24 bits per heavy atom. The number of rotatable bonds is 4. The summed E-state index contributed by atoms with van der Waals surface area (Å²) in [6.07, 6.45) is 3.27. The second kappa shape index (κ2) is 9.49. The van der Waals surface area contributed by atoms with Gasteiger partial charge in [0.1, 0.15) is 0 Å². The fraction of sp³-hybridized carbons (Fsp3) is 0.172. The Balaban J connectivity index is 1.61. The van der Waals surface area contributed by atoms with Gasteiger partial charge in [0, 0.05) is 25.2 Å². The third-order valence-electron chi connectivity index (χ3n) is 6.17. The maximum atomic E-state index is 12.5. The van der Waals surface area contributed by atoms with Crippen molar-refractivity contribution in [3.8, 4) is 0 Å².